The van der Waals surface area contributed by atoms with Crippen LogP contribution in [0.25, 0.3) is 0 Å². The average Bonchev–Trinajstić information content (AvgIpc) is 2.99. The number of nitriles is 1. The largest absolute Gasteiger partial charge is 0.481 e. The summed E-state index contributed by atoms with van der Waals surface area (Å²) in [5.41, 5.74) is 2.74. The van der Waals surface area contributed by atoms with Crippen LogP contribution in [0.2, 0.25) is 0 Å². The lowest BCUT2D eigenvalue weighted by Crippen LogP contribution is -2.39. The maximum absolute atomic E-state index is 12.6. The number of fused-ring (bicyclic) bond motifs is 1. The molecule has 1 aliphatic rings. The molecule has 2 aromatic carbocycles. The van der Waals surface area contributed by atoms with Gasteiger partial charge in [-0.15, -0.1) is 0 Å². The molecule has 4 nitrogen and oxygen atoms in total. The highest BCUT2D eigenvalue weighted by atomic mass is 16.5. The van der Waals surface area contributed by atoms with Gasteiger partial charge in [0.25, 0.3) is 5.91 Å². The summed E-state index contributed by atoms with van der Waals surface area (Å²) in [5, 5.41) is 8.78. The molecule has 0 N–H and O–H groups in total. The molecule has 1 amide bonds. The van der Waals surface area contributed by atoms with Crippen LogP contribution in [0, 0.1) is 11.3 Å². The number of hydrogen-bond donors (Lipinski definition) is 0. The number of amides is 1. The van der Waals surface area contributed by atoms with Gasteiger partial charge in [-0.3, -0.25) is 4.79 Å². The fourth-order valence-electron chi connectivity index (χ4n) is 2.65. The Labute approximate surface area is 129 Å². The van der Waals surface area contributed by atoms with Gasteiger partial charge in [-0.05, 0) is 49.2 Å². The van der Waals surface area contributed by atoms with Gasteiger partial charge in [0.1, 0.15) is 5.75 Å². The van der Waals surface area contributed by atoms with E-state index < -0.39 is 6.10 Å². The van der Waals surface area contributed by atoms with E-state index in [1.165, 1.54) is 5.56 Å². The van der Waals surface area contributed by atoms with Crippen molar-refractivity contribution in [2.24, 2.45) is 0 Å². The Hall–Kier alpha value is -2.80. The zero-order valence-electron chi connectivity index (χ0n) is 12.3. The van der Waals surface area contributed by atoms with Gasteiger partial charge in [-0.1, -0.05) is 18.2 Å². The Morgan fingerprint density at radius 1 is 1.23 bits per heavy atom. The van der Waals surface area contributed by atoms with Crippen molar-refractivity contribution in [3.05, 3.63) is 59.7 Å². The van der Waals surface area contributed by atoms with Crippen LogP contribution in [0.3, 0.4) is 0 Å². The van der Waals surface area contributed by atoms with Crippen LogP contribution in [0.1, 0.15) is 18.1 Å². The second-order valence-corrected chi connectivity index (χ2v) is 5.26. The minimum atomic E-state index is -0.570. The number of carbonyl (C=O) groups excluding carboxylic acids is 1. The third-order valence-corrected chi connectivity index (χ3v) is 3.80. The zero-order chi connectivity index (χ0) is 15.5. The normalized spacial score (nSPS) is 14.1. The molecule has 1 unspecified atom stereocenters. The predicted octanol–water partition coefficient (Wildman–Crippen LogP) is 2.91. The summed E-state index contributed by atoms with van der Waals surface area (Å²) in [4.78, 5) is 14.4. The topological polar surface area (TPSA) is 53.3 Å². The van der Waals surface area contributed by atoms with Crippen molar-refractivity contribution in [3.63, 3.8) is 0 Å². The summed E-state index contributed by atoms with van der Waals surface area (Å²) >= 11 is 0. The fraction of sp³-hybridized carbons (Fsp3) is 0.222. The van der Waals surface area contributed by atoms with E-state index in [2.05, 4.69) is 12.1 Å². The minimum Gasteiger partial charge on any atom is -0.481 e. The summed E-state index contributed by atoms with van der Waals surface area (Å²) in [5.74, 6) is 0.543. The maximum Gasteiger partial charge on any atom is 0.267 e. The quantitative estimate of drug-likeness (QED) is 0.874. The maximum atomic E-state index is 12.6. The monoisotopic (exact) mass is 292 g/mol. The van der Waals surface area contributed by atoms with Gasteiger partial charge in [0.05, 0.1) is 11.6 Å². The SMILES string of the molecule is CC(Oc1ccc(C#N)cc1)C(=O)N1CCc2ccccc21. The van der Waals surface area contributed by atoms with Gasteiger partial charge in [0.2, 0.25) is 0 Å². The predicted molar refractivity (Wildman–Crippen MR) is 83.7 cm³/mol. The third kappa shape index (κ3) is 2.66. The number of nitrogens with zero attached hydrogens (tertiary/aromatic N) is 2. The van der Waals surface area contributed by atoms with Gasteiger partial charge in [0.15, 0.2) is 6.10 Å². The molecule has 3 rings (SSSR count). The van der Waals surface area contributed by atoms with E-state index in [0.717, 1.165) is 12.1 Å². The van der Waals surface area contributed by atoms with E-state index >= 15 is 0 Å². The van der Waals surface area contributed by atoms with Gasteiger partial charge in [-0.2, -0.15) is 5.26 Å². The fourth-order valence-corrected chi connectivity index (χ4v) is 2.65. The standard InChI is InChI=1S/C18H16N2O2/c1-13(22-16-8-6-14(12-19)7-9-16)18(21)20-11-10-15-4-2-3-5-17(15)20/h2-9,13H,10-11H2,1H3. The summed E-state index contributed by atoms with van der Waals surface area (Å²) in [6, 6.07) is 16.8. The number of carbonyl (C=O) groups is 1. The van der Waals surface area contributed by atoms with E-state index in [1.807, 2.05) is 18.2 Å². The number of ether oxygens (including phenoxy) is 1. The Morgan fingerprint density at radius 2 is 1.95 bits per heavy atom. The molecule has 0 aliphatic carbocycles. The summed E-state index contributed by atoms with van der Waals surface area (Å²) in [6.45, 7) is 2.45. The molecule has 0 bridgehead atoms. The third-order valence-electron chi connectivity index (χ3n) is 3.80. The zero-order valence-corrected chi connectivity index (χ0v) is 12.3. The van der Waals surface area contributed by atoms with Gasteiger partial charge in [-0.25, -0.2) is 0 Å². The molecule has 0 saturated heterocycles. The van der Waals surface area contributed by atoms with Crippen LogP contribution in [-0.2, 0) is 11.2 Å². The van der Waals surface area contributed by atoms with E-state index in [9.17, 15) is 4.79 Å². The van der Waals surface area contributed by atoms with E-state index in [-0.39, 0.29) is 5.91 Å². The smallest absolute Gasteiger partial charge is 0.267 e. The molecule has 110 valence electrons. The molecule has 4 heteroatoms. The second-order valence-electron chi connectivity index (χ2n) is 5.26. The van der Waals surface area contributed by atoms with E-state index in [4.69, 9.17) is 10.00 Å². The molecular weight excluding hydrogens is 276 g/mol. The van der Waals surface area contributed by atoms with E-state index in [1.54, 1.807) is 36.1 Å². The van der Waals surface area contributed by atoms with E-state index in [0.29, 0.717) is 17.9 Å². The number of benzene rings is 2. The Morgan fingerprint density at radius 3 is 2.68 bits per heavy atom. The molecule has 0 fully saturated rings. The van der Waals surface area contributed by atoms with Crippen molar-refractivity contribution in [2.75, 3.05) is 11.4 Å². The highest BCUT2D eigenvalue weighted by Gasteiger charge is 2.28. The highest BCUT2D eigenvalue weighted by molar-refractivity contribution is 5.98. The van der Waals surface area contributed by atoms with Crippen LogP contribution in [0.4, 0.5) is 5.69 Å². The van der Waals surface area contributed by atoms with Crippen molar-refractivity contribution in [2.45, 2.75) is 19.4 Å². The van der Waals surface area contributed by atoms with Crippen LogP contribution >= 0.6 is 0 Å². The summed E-state index contributed by atoms with van der Waals surface area (Å²) < 4.78 is 5.70. The first kappa shape index (κ1) is 14.2. The first-order valence-electron chi connectivity index (χ1n) is 7.25. The number of rotatable bonds is 3. The minimum absolute atomic E-state index is 0.0469. The molecule has 1 atom stereocenters. The highest BCUT2D eigenvalue weighted by Crippen LogP contribution is 2.28. The first-order chi connectivity index (χ1) is 10.7. The van der Waals surface area contributed by atoms with Crippen LogP contribution in [0.5, 0.6) is 5.75 Å². The Balaban J connectivity index is 1.71. The van der Waals surface area contributed by atoms with Gasteiger partial charge in [0, 0.05) is 12.2 Å². The van der Waals surface area contributed by atoms with Gasteiger partial charge >= 0.3 is 0 Å². The lowest BCUT2D eigenvalue weighted by molar-refractivity contribution is -0.124. The lowest BCUT2D eigenvalue weighted by atomic mass is 10.2. The average molecular weight is 292 g/mol. The molecule has 1 heterocycles. The molecule has 0 radical (unpaired) electrons. The van der Waals surface area contributed by atoms with Gasteiger partial charge < -0.3 is 9.64 Å². The first-order valence-corrected chi connectivity index (χ1v) is 7.25. The van der Waals surface area contributed by atoms with Crippen molar-refractivity contribution < 1.29 is 9.53 Å². The molecule has 2 aromatic rings. The number of para-hydroxylation sites is 1. The lowest BCUT2D eigenvalue weighted by Gasteiger charge is -2.22. The molecular formula is C18H16N2O2. The van der Waals surface area contributed by atoms with Crippen molar-refractivity contribution >= 4 is 11.6 Å². The van der Waals surface area contributed by atoms with Crippen molar-refractivity contribution in [1.82, 2.24) is 0 Å². The number of anilines is 1. The second kappa shape index (κ2) is 5.90. The summed E-state index contributed by atoms with van der Waals surface area (Å²) in [7, 11) is 0. The molecule has 0 spiro atoms. The van der Waals surface area contributed by atoms with Crippen molar-refractivity contribution in [3.8, 4) is 11.8 Å². The molecule has 22 heavy (non-hydrogen) atoms. The Kier molecular flexibility index (Phi) is 3.80. The molecule has 1 aliphatic heterocycles. The van der Waals surface area contributed by atoms with Crippen LogP contribution in [-0.4, -0.2) is 18.6 Å². The van der Waals surface area contributed by atoms with Crippen molar-refractivity contribution in [1.29, 1.82) is 5.26 Å². The Bertz CT molecular complexity index is 731. The summed E-state index contributed by atoms with van der Waals surface area (Å²) in [6.07, 6.45) is 0.310. The number of hydrogen-bond acceptors (Lipinski definition) is 3. The molecule has 0 aromatic heterocycles. The molecule has 0 saturated carbocycles. The van der Waals surface area contributed by atoms with Crippen LogP contribution in [0.15, 0.2) is 48.5 Å². The van der Waals surface area contributed by atoms with Crippen LogP contribution < -0.4 is 9.64 Å².